The van der Waals surface area contributed by atoms with Crippen molar-refractivity contribution in [3.63, 3.8) is 0 Å². The van der Waals surface area contributed by atoms with Crippen LogP contribution in [0.15, 0.2) is 53.1 Å². The third-order valence-electron chi connectivity index (χ3n) is 7.39. The minimum atomic E-state index is -0.750. The summed E-state index contributed by atoms with van der Waals surface area (Å²) in [7, 11) is 4.54. The number of methoxy groups -OCH3 is 1. The van der Waals surface area contributed by atoms with Crippen molar-refractivity contribution in [2.24, 2.45) is 27.6 Å². The Labute approximate surface area is 314 Å². The standard InChI is InChI=1S/C33H50N8O4.C2H4O.CH4O2.CH4O/c1-7-8-9-18-36-33(44)24-11-14-27(15-12-24)41(5)20-26-19-37-32(35-4)30(40-26)31(34)39-22-38-29(43)17-13-25(21-42)28(45-6)16-10-23(2)3;1-2-3;2-1-3;1-2/h7,11-12,14-15,19,23,25,28,42H,1,4,8-10,13,16-18,20-22H2,2-3,5-6H3,(H2,34,39)(H,36,44)(H,38,43);2H,1H3;2-3H,1H2;2H,1H3. The zero-order valence-corrected chi connectivity index (χ0v) is 32.2. The lowest BCUT2D eigenvalue weighted by atomic mass is 9.92. The molecular formula is C37H62N8O8. The molecule has 1 heterocycles. The first-order valence-corrected chi connectivity index (χ1v) is 17.3. The van der Waals surface area contributed by atoms with Gasteiger partial charge in [-0.3, -0.25) is 9.59 Å². The minimum Gasteiger partial charge on any atom is -0.400 e. The van der Waals surface area contributed by atoms with Crippen LogP contribution in [-0.4, -0.2) is 115 Å². The van der Waals surface area contributed by atoms with E-state index in [1.165, 1.54) is 6.92 Å². The molecular weight excluding hydrogens is 684 g/mol. The molecule has 298 valence electrons. The van der Waals surface area contributed by atoms with Gasteiger partial charge in [-0.25, -0.2) is 20.0 Å². The van der Waals surface area contributed by atoms with E-state index < -0.39 is 6.79 Å². The zero-order valence-electron chi connectivity index (χ0n) is 32.2. The third-order valence-corrected chi connectivity index (χ3v) is 7.39. The first-order chi connectivity index (χ1) is 25.5. The predicted molar refractivity (Wildman–Crippen MR) is 209 cm³/mol. The molecule has 2 amide bonds. The maximum Gasteiger partial charge on any atom is 0.251 e. The quantitative estimate of drug-likeness (QED) is 0.0243. The van der Waals surface area contributed by atoms with Crippen LogP contribution in [0, 0.1) is 11.8 Å². The number of hydrogen-bond donors (Lipinski definition) is 7. The number of carbonyl (C=O) groups excluding carboxylic acids is 3. The van der Waals surface area contributed by atoms with Gasteiger partial charge in [-0.1, -0.05) is 19.9 Å². The fourth-order valence-corrected chi connectivity index (χ4v) is 4.67. The first-order valence-electron chi connectivity index (χ1n) is 17.3. The van der Waals surface area contributed by atoms with Gasteiger partial charge in [0.05, 0.1) is 24.5 Å². The monoisotopic (exact) mass is 746 g/mol. The summed E-state index contributed by atoms with van der Waals surface area (Å²) < 4.78 is 5.58. The van der Waals surface area contributed by atoms with E-state index >= 15 is 0 Å². The average Bonchev–Trinajstić information content (AvgIpc) is 3.16. The average molecular weight is 747 g/mol. The number of aliphatic hydroxyl groups excluding tert-OH is 3. The van der Waals surface area contributed by atoms with Crippen LogP contribution in [0.4, 0.5) is 11.5 Å². The van der Waals surface area contributed by atoms with Gasteiger partial charge in [0.2, 0.25) is 5.91 Å². The maximum atomic E-state index is 12.5. The maximum absolute atomic E-state index is 12.5. The van der Waals surface area contributed by atoms with Gasteiger partial charge in [-0.15, -0.1) is 6.58 Å². The second kappa shape index (κ2) is 32.1. The molecule has 0 aliphatic carbocycles. The summed E-state index contributed by atoms with van der Waals surface area (Å²) in [5.41, 5.74) is 8.58. The van der Waals surface area contributed by atoms with Crippen LogP contribution >= 0.6 is 0 Å². The van der Waals surface area contributed by atoms with E-state index in [-0.39, 0.29) is 60.9 Å². The normalized spacial score (nSPS) is 11.6. The summed E-state index contributed by atoms with van der Waals surface area (Å²) in [6.07, 6.45) is 8.32. The van der Waals surface area contributed by atoms with Crippen molar-refractivity contribution in [1.29, 1.82) is 0 Å². The highest BCUT2D eigenvalue weighted by molar-refractivity contribution is 5.99. The van der Waals surface area contributed by atoms with Crippen molar-refractivity contribution in [1.82, 2.24) is 20.6 Å². The van der Waals surface area contributed by atoms with Crippen LogP contribution in [0.25, 0.3) is 0 Å². The van der Waals surface area contributed by atoms with Gasteiger partial charge < -0.3 is 51.2 Å². The number of aliphatic imine (C=N–C) groups is 2. The Kier molecular flexibility index (Phi) is 30.6. The van der Waals surface area contributed by atoms with Gasteiger partial charge in [0.25, 0.3) is 5.91 Å². The number of nitrogens with two attached hydrogens (primary N) is 1. The highest BCUT2D eigenvalue weighted by Crippen LogP contribution is 2.21. The number of amides is 2. The summed E-state index contributed by atoms with van der Waals surface area (Å²) in [6.45, 7) is 13.1. The molecule has 0 saturated heterocycles. The number of amidine groups is 1. The molecule has 0 aliphatic heterocycles. The third kappa shape index (κ3) is 22.2. The number of ether oxygens (including phenoxy) is 1. The summed E-state index contributed by atoms with van der Waals surface area (Å²) >= 11 is 0. The number of hydrogen-bond acceptors (Lipinski definition) is 13. The number of anilines is 1. The number of unbranched alkanes of at least 4 members (excludes halogenated alkanes) is 1. The van der Waals surface area contributed by atoms with Gasteiger partial charge >= 0.3 is 0 Å². The highest BCUT2D eigenvalue weighted by Gasteiger charge is 2.22. The smallest absolute Gasteiger partial charge is 0.251 e. The van der Waals surface area contributed by atoms with Gasteiger partial charge in [0.15, 0.2) is 5.82 Å². The SMILES string of the molecule is C=CCCCNC(=O)c1ccc(N(C)Cc2cnc(N=C)c(/C(N)=N\CNC(=O)CCC(CO)C(CCC(C)C)OC)n2)cc1.CC=O.CO.OCO. The molecule has 2 unspecified atom stereocenters. The van der Waals surface area contributed by atoms with E-state index in [1.54, 1.807) is 25.4 Å². The molecule has 0 radical (unpaired) electrons. The molecule has 8 N–H and O–H groups in total. The zero-order chi connectivity index (χ0) is 40.6. The number of rotatable bonds is 21. The van der Waals surface area contributed by atoms with Crippen LogP contribution in [0.1, 0.15) is 81.0 Å². The molecule has 53 heavy (non-hydrogen) atoms. The molecule has 1 aromatic heterocycles. The van der Waals surface area contributed by atoms with Gasteiger partial charge in [-0.05, 0) is 75.9 Å². The van der Waals surface area contributed by atoms with Crippen molar-refractivity contribution in [3.8, 4) is 0 Å². The number of aliphatic hydroxyl groups is 4. The molecule has 16 heteroatoms. The second-order valence-electron chi connectivity index (χ2n) is 11.7. The van der Waals surface area contributed by atoms with Gasteiger partial charge in [-0.2, -0.15) is 0 Å². The molecule has 0 aliphatic rings. The predicted octanol–water partition coefficient (Wildman–Crippen LogP) is 2.50. The number of nitrogens with zero attached hydrogens (tertiary/aromatic N) is 5. The molecule has 16 nitrogen and oxygen atoms in total. The van der Waals surface area contributed by atoms with Crippen LogP contribution in [-0.2, 0) is 20.9 Å². The Bertz CT molecular complexity index is 1340. The fourth-order valence-electron chi connectivity index (χ4n) is 4.67. The molecule has 2 atom stereocenters. The topological polar surface area (TPSA) is 245 Å². The van der Waals surface area contributed by atoms with E-state index in [1.807, 2.05) is 30.2 Å². The number of carbonyl (C=O) groups is 3. The number of aldehydes is 1. The molecule has 2 rings (SSSR count). The molecule has 0 bridgehead atoms. The van der Waals surface area contributed by atoms with Crippen LogP contribution in [0.5, 0.6) is 0 Å². The Morgan fingerprint density at radius 2 is 1.72 bits per heavy atom. The van der Waals surface area contributed by atoms with Crippen molar-refractivity contribution < 1.29 is 39.5 Å². The summed E-state index contributed by atoms with van der Waals surface area (Å²) in [6, 6.07) is 7.30. The first kappa shape index (κ1) is 50.5. The van der Waals surface area contributed by atoms with Crippen molar-refractivity contribution in [2.75, 3.05) is 52.8 Å². The summed E-state index contributed by atoms with van der Waals surface area (Å²) in [5, 5.41) is 36.7. The van der Waals surface area contributed by atoms with E-state index in [9.17, 15) is 14.7 Å². The number of allylic oxidation sites excluding steroid dienone is 1. The lowest BCUT2D eigenvalue weighted by molar-refractivity contribution is -0.121. The van der Waals surface area contributed by atoms with Crippen molar-refractivity contribution >= 4 is 42.2 Å². The Hall–Kier alpha value is -4.61. The summed E-state index contributed by atoms with van der Waals surface area (Å²) in [5.74, 6) is 0.388. The molecule has 0 spiro atoms. The number of nitrogens with one attached hydrogen (secondary N) is 2. The van der Waals surface area contributed by atoms with E-state index in [4.69, 9.17) is 30.6 Å². The molecule has 1 aromatic carbocycles. The second-order valence-corrected chi connectivity index (χ2v) is 11.7. The lowest BCUT2D eigenvalue weighted by Gasteiger charge is -2.25. The van der Waals surface area contributed by atoms with Crippen LogP contribution in [0.3, 0.4) is 0 Å². The molecule has 2 aromatic rings. The summed E-state index contributed by atoms with van der Waals surface area (Å²) in [4.78, 5) is 52.7. The highest BCUT2D eigenvalue weighted by atomic mass is 16.5. The fraction of sp³-hybridized carbons (Fsp3) is 0.541. The largest absolute Gasteiger partial charge is 0.400 e. The van der Waals surface area contributed by atoms with Crippen molar-refractivity contribution in [3.05, 3.63) is 60.1 Å². The molecule has 0 fully saturated rings. The Morgan fingerprint density at radius 1 is 1.09 bits per heavy atom. The van der Waals surface area contributed by atoms with Crippen molar-refractivity contribution in [2.45, 2.75) is 71.9 Å². The molecule has 0 saturated carbocycles. The Morgan fingerprint density at radius 3 is 2.25 bits per heavy atom. The Balaban J connectivity index is 0. The van der Waals surface area contributed by atoms with Crippen LogP contribution < -0.4 is 21.3 Å². The van der Waals surface area contributed by atoms with Gasteiger partial charge in [0, 0.05) is 58.0 Å². The van der Waals surface area contributed by atoms with E-state index in [0.717, 1.165) is 44.8 Å². The van der Waals surface area contributed by atoms with Gasteiger partial charge in [0.1, 0.15) is 31.3 Å². The van der Waals surface area contributed by atoms with E-state index in [2.05, 4.69) is 57.7 Å². The van der Waals surface area contributed by atoms with Crippen LogP contribution in [0.2, 0.25) is 0 Å². The van der Waals surface area contributed by atoms with E-state index in [0.29, 0.717) is 36.7 Å². The number of aromatic nitrogens is 2. The lowest BCUT2D eigenvalue weighted by Crippen LogP contribution is -2.30. The number of benzene rings is 1. The minimum absolute atomic E-state index is 0.0460.